The summed E-state index contributed by atoms with van der Waals surface area (Å²) in [6.07, 6.45) is 0. The summed E-state index contributed by atoms with van der Waals surface area (Å²) < 4.78 is 9.20. The van der Waals surface area contributed by atoms with Crippen molar-refractivity contribution in [3.8, 4) is 27.9 Å². The van der Waals surface area contributed by atoms with Gasteiger partial charge in [0.25, 0.3) is 0 Å². The Bertz CT molecular complexity index is 3490. The largest absolute Gasteiger partial charge is 0.455 e. The number of fused-ring (bicyclic) bond motifs is 9. The van der Waals surface area contributed by atoms with E-state index in [1.807, 2.05) is 0 Å². The molecular weight excluding hydrogens is 717 g/mol. The van der Waals surface area contributed by atoms with Gasteiger partial charge < -0.3 is 13.9 Å². The summed E-state index contributed by atoms with van der Waals surface area (Å²) in [4.78, 5) is 2.36. The molecule has 2 aromatic heterocycles. The first-order valence-electron chi connectivity index (χ1n) is 20.2. The lowest BCUT2D eigenvalue weighted by Gasteiger charge is -2.27. The van der Waals surface area contributed by atoms with Gasteiger partial charge in [-0.1, -0.05) is 146 Å². The van der Waals surface area contributed by atoms with E-state index in [9.17, 15) is 0 Å². The smallest absolute Gasteiger partial charge is 0.145 e. The van der Waals surface area contributed by atoms with Gasteiger partial charge in [0.2, 0.25) is 0 Å². The molecule has 10 aromatic carbocycles. The Hall–Kier alpha value is -7.88. The first-order valence-corrected chi connectivity index (χ1v) is 20.2. The maximum absolute atomic E-state index is 6.84. The van der Waals surface area contributed by atoms with Gasteiger partial charge in [-0.2, -0.15) is 0 Å². The normalized spacial score (nSPS) is 11.7. The molecule has 0 saturated heterocycles. The third kappa shape index (κ3) is 5.29. The molecule has 3 heteroatoms. The van der Waals surface area contributed by atoms with Crippen LogP contribution in [0.25, 0.3) is 93.2 Å². The predicted octanol–water partition coefficient (Wildman–Crippen LogP) is 15.8. The number of anilines is 3. The second-order valence-corrected chi connectivity index (χ2v) is 15.3. The van der Waals surface area contributed by atoms with Gasteiger partial charge in [0.15, 0.2) is 0 Å². The minimum absolute atomic E-state index is 0.865. The van der Waals surface area contributed by atoms with E-state index in [1.165, 1.54) is 54.5 Å². The van der Waals surface area contributed by atoms with Gasteiger partial charge in [-0.3, -0.25) is 0 Å². The second-order valence-electron chi connectivity index (χ2n) is 15.3. The molecule has 2 heterocycles. The molecule has 3 nitrogen and oxygen atoms in total. The molecule has 0 atom stereocenters. The Kier molecular flexibility index (Phi) is 7.54. The molecule has 0 aliphatic heterocycles. The van der Waals surface area contributed by atoms with Crippen molar-refractivity contribution in [3.05, 3.63) is 218 Å². The van der Waals surface area contributed by atoms with E-state index >= 15 is 0 Å². The van der Waals surface area contributed by atoms with Crippen molar-refractivity contribution < 1.29 is 4.42 Å². The van der Waals surface area contributed by atoms with Crippen LogP contribution < -0.4 is 4.90 Å². The number of furan rings is 1. The number of rotatable bonds is 6. The van der Waals surface area contributed by atoms with Crippen LogP contribution in [0.5, 0.6) is 0 Å². The molecule has 12 rings (SSSR count). The standard InChI is InChI=1S/C56H36N2O/c1-2-15-40(16-3-1)57(41-30-28-38(29-31-41)50-36-39-14-4-5-17-43(39)45-18-6-7-19-46(45)50)53-35-34-44(56-55(53)49-22-10-13-25-54(49)59-56)37-26-32-42(33-27-37)58-51-23-11-8-20-47(51)48-21-9-12-24-52(48)58/h1-36H. The molecule has 59 heavy (non-hydrogen) atoms. The highest BCUT2D eigenvalue weighted by Crippen LogP contribution is 2.47. The van der Waals surface area contributed by atoms with Crippen molar-refractivity contribution in [2.24, 2.45) is 0 Å². The first-order chi connectivity index (χ1) is 29.3. The van der Waals surface area contributed by atoms with E-state index in [2.05, 4.69) is 228 Å². The van der Waals surface area contributed by atoms with Crippen molar-refractivity contribution >= 4 is 82.4 Å². The molecule has 12 aromatic rings. The molecule has 0 N–H and O–H groups in total. The first kappa shape index (κ1) is 33.3. The van der Waals surface area contributed by atoms with E-state index in [1.54, 1.807) is 0 Å². The van der Waals surface area contributed by atoms with Crippen LogP contribution in [-0.2, 0) is 0 Å². The summed E-state index contributed by atoms with van der Waals surface area (Å²) in [7, 11) is 0. The summed E-state index contributed by atoms with van der Waals surface area (Å²) in [5.74, 6) is 0. The average molecular weight is 753 g/mol. The molecule has 0 radical (unpaired) electrons. The zero-order chi connectivity index (χ0) is 38.9. The Morgan fingerprint density at radius 3 is 1.64 bits per heavy atom. The molecule has 0 aliphatic rings. The van der Waals surface area contributed by atoms with E-state index in [-0.39, 0.29) is 0 Å². The van der Waals surface area contributed by atoms with Gasteiger partial charge in [-0.15, -0.1) is 0 Å². The van der Waals surface area contributed by atoms with Crippen LogP contribution >= 0.6 is 0 Å². The van der Waals surface area contributed by atoms with E-state index in [0.717, 1.165) is 55.8 Å². The van der Waals surface area contributed by atoms with Crippen LogP contribution in [0.2, 0.25) is 0 Å². The number of para-hydroxylation sites is 4. The van der Waals surface area contributed by atoms with Crippen LogP contribution in [0, 0.1) is 0 Å². The van der Waals surface area contributed by atoms with Gasteiger partial charge in [0, 0.05) is 38.8 Å². The molecule has 0 aliphatic carbocycles. The highest BCUT2D eigenvalue weighted by atomic mass is 16.3. The van der Waals surface area contributed by atoms with E-state index < -0.39 is 0 Å². The minimum Gasteiger partial charge on any atom is -0.455 e. The monoisotopic (exact) mass is 752 g/mol. The van der Waals surface area contributed by atoms with Gasteiger partial charge in [0.1, 0.15) is 11.2 Å². The molecular formula is C56H36N2O. The minimum atomic E-state index is 0.865. The third-order valence-electron chi connectivity index (χ3n) is 12.0. The Morgan fingerprint density at radius 1 is 0.373 bits per heavy atom. The highest BCUT2D eigenvalue weighted by Gasteiger charge is 2.23. The van der Waals surface area contributed by atoms with Crippen LogP contribution in [0.3, 0.4) is 0 Å². The Labute approximate surface area is 341 Å². The number of hydrogen-bond donors (Lipinski definition) is 0. The third-order valence-corrected chi connectivity index (χ3v) is 12.0. The second kappa shape index (κ2) is 13.4. The quantitative estimate of drug-likeness (QED) is 0.158. The lowest BCUT2D eigenvalue weighted by Crippen LogP contribution is -2.10. The zero-order valence-corrected chi connectivity index (χ0v) is 32.1. The van der Waals surface area contributed by atoms with Crippen molar-refractivity contribution in [3.63, 3.8) is 0 Å². The highest BCUT2D eigenvalue weighted by molar-refractivity contribution is 6.18. The predicted molar refractivity (Wildman–Crippen MR) is 249 cm³/mol. The van der Waals surface area contributed by atoms with E-state index in [0.29, 0.717) is 0 Å². The van der Waals surface area contributed by atoms with Gasteiger partial charge in [-0.05, 0) is 111 Å². The van der Waals surface area contributed by atoms with Crippen LogP contribution in [0.4, 0.5) is 17.1 Å². The number of hydrogen-bond acceptors (Lipinski definition) is 2. The topological polar surface area (TPSA) is 21.3 Å². The van der Waals surface area contributed by atoms with Crippen LogP contribution in [0.1, 0.15) is 0 Å². The fourth-order valence-corrected chi connectivity index (χ4v) is 9.30. The van der Waals surface area contributed by atoms with Crippen LogP contribution in [0.15, 0.2) is 223 Å². The van der Waals surface area contributed by atoms with Gasteiger partial charge >= 0.3 is 0 Å². The molecule has 276 valence electrons. The fraction of sp³-hybridized carbons (Fsp3) is 0. The summed E-state index contributed by atoms with van der Waals surface area (Å²) in [6.45, 7) is 0. The fourth-order valence-electron chi connectivity index (χ4n) is 9.30. The zero-order valence-electron chi connectivity index (χ0n) is 32.1. The van der Waals surface area contributed by atoms with Crippen LogP contribution in [-0.4, -0.2) is 4.57 Å². The number of nitrogens with zero attached hydrogens (tertiary/aromatic N) is 2. The average Bonchev–Trinajstić information content (AvgIpc) is 3.87. The number of benzene rings is 10. The molecule has 0 bridgehead atoms. The summed E-state index contributed by atoms with van der Waals surface area (Å²) in [5.41, 5.74) is 13.0. The number of aromatic nitrogens is 1. The van der Waals surface area contributed by atoms with Crippen molar-refractivity contribution in [1.29, 1.82) is 0 Å². The SMILES string of the molecule is c1ccc(N(c2ccc(-c3cc4ccccc4c4ccccc34)cc2)c2ccc(-c3ccc(-n4c5ccccc5c5ccccc54)cc3)c3oc4ccccc4c23)cc1. The maximum atomic E-state index is 6.84. The maximum Gasteiger partial charge on any atom is 0.145 e. The molecule has 0 fully saturated rings. The van der Waals surface area contributed by atoms with Gasteiger partial charge in [0.05, 0.1) is 22.1 Å². The molecule has 0 saturated carbocycles. The Morgan fingerprint density at radius 2 is 0.915 bits per heavy atom. The Balaban J connectivity index is 1.00. The molecule has 0 amide bonds. The summed E-state index contributed by atoms with van der Waals surface area (Å²) >= 11 is 0. The lowest BCUT2D eigenvalue weighted by molar-refractivity contribution is 0.670. The molecule has 0 spiro atoms. The van der Waals surface area contributed by atoms with Gasteiger partial charge in [-0.25, -0.2) is 0 Å². The lowest BCUT2D eigenvalue weighted by atomic mass is 9.93. The van der Waals surface area contributed by atoms with Crippen molar-refractivity contribution in [2.75, 3.05) is 4.90 Å². The summed E-state index contributed by atoms with van der Waals surface area (Å²) in [6, 6.07) is 78.5. The summed E-state index contributed by atoms with van der Waals surface area (Å²) in [5, 5.41) is 9.72. The van der Waals surface area contributed by atoms with E-state index in [4.69, 9.17) is 4.42 Å². The van der Waals surface area contributed by atoms with Crippen molar-refractivity contribution in [2.45, 2.75) is 0 Å². The van der Waals surface area contributed by atoms with Crippen molar-refractivity contribution in [1.82, 2.24) is 4.57 Å². The molecule has 0 unspecified atom stereocenters.